The van der Waals surface area contributed by atoms with Gasteiger partial charge >= 0.3 is 0 Å². The van der Waals surface area contributed by atoms with Crippen molar-refractivity contribution in [3.8, 4) is 0 Å². The number of Topliss-reactive ketones (excluding diaryl/α,β-unsaturated/α-hetero) is 2. The minimum atomic E-state index is -0.636. The molecule has 0 bridgehead atoms. The summed E-state index contributed by atoms with van der Waals surface area (Å²) in [6.45, 7) is 2.93. The fourth-order valence-corrected chi connectivity index (χ4v) is 2.31. The van der Waals surface area contributed by atoms with Crippen LogP contribution in [0.15, 0.2) is 0 Å². The van der Waals surface area contributed by atoms with E-state index in [4.69, 9.17) is 9.47 Å². The average molecular weight is 212 g/mol. The molecule has 1 aliphatic carbocycles. The Kier molecular flexibility index (Phi) is 2.89. The van der Waals surface area contributed by atoms with Gasteiger partial charge in [-0.25, -0.2) is 0 Å². The van der Waals surface area contributed by atoms with Gasteiger partial charge in [-0.3, -0.25) is 9.59 Å². The zero-order valence-electron chi connectivity index (χ0n) is 8.95. The first-order valence-corrected chi connectivity index (χ1v) is 5.50. The van der Waals surface area contributed by atoms with Crippen LogP contribution in [-0.4, -0.2) is 30.6 Å². The molecule has 0 N–H and O–H groups in total. The van der Waals surface area contributed by atoms with Crippen molar-refractivity contribution in [3.05, 3.63) is 0 Å². The van der Waals surface area contributed by atoms with Gasteiger partial charge in [0.2, 0.25) is 0 Å². The first-order valence-electron chi connectivity index (χ1n) is 5.50. The third-order valence-corrected chi connectivity index (χ3v) is 3.21. The van der Waals surface area contributed by atoms with Gasteiger partial charge in [0.15, 0.2) is 5.79 Å². The van der Waals surface area contributed by atoms with Crippen molar-refractivity contribution in [2.75, 3.05) is 13.2 Å². The van der Waals surface area contributed by atoms with E-state index in [-0.39, 0.29) is 11.6 Å². The van der Waals surface area contributed by atoms with E-state index < -0.39 is 11.7 Å². The van der Waals surface area contributed by atoms with E-state index in [1.165, 1.54) is 0 Å². The first-order chi connectivity index (χ1) is 7.17. The molecule has 0 amide bonds. The minimum Gasteiger partial charge on any atom is -0.347 e. The summed E-state index contributed by atoms with van der Waals surface area (Å²) in [5.74, 6) is -1.07. The SMILES string of the molecule is CCC(=O)C1CC2(CCC1=O)OCCO2. The van der Waals surface area contributed by atoms with Gasteiger partial charge in [-0.1, -0.05) is 6.92 Å². The Balaban J connectivity index is 2.10. The maximum Gasteiger partial charge on any atom is 0.170 e. The highest BCUT2D eigenvalue weighted by Gasteiger charge is 2.46. The molecular formula is C11H16O4. The van der Waals surface area contributed by atoms with E-state index >= 15 is 0 Å². The van der Waals surface area contributed by atoms with Gasteiger partial charge in [-0.2, -0.15) is 0 Å². The molecule has 0 radical (unpaired) electrons. The normalized spacial score (nSPS) is 29.7. The van der Waals surface area contributed by atoms with Gasteiger partial charge in [-0.15, -0.1) is 0 Å². The Morgan fingerprint density at radius 2 is 2.13 bits per heavy atom. The second kappa shape index (κ2) is 4.02. The number of hydrogen-bond acceptors (Lipinski definition) is 4. The molecule has 1 spiro atoms. The van der Waals surface area contributed by atoms with E-state index in [9.17, 15) is 9.59 Å². The number of rotatable bonds is 2. The van der Waals surface area contributed by atoms with Crippen molar-refractivity contribution in [1.82, 2.24) is 0 Å². The molecule has 4 heteroatoms. The maximum absolute atomic E-state index is 11.6. The zero-order chi connectivity index (χ0) is 10.9. The van der Waals surface area contributed by atoms with Crippen LogP contribution >= 0.6 is 0 Å². The van der Waals surface area contributed by atoms with Crippen molar-refractivity contribution in [3.63, 3.8) is 0 Å². The van der Waals surface area contributed by atoms with Gasteiger partial charge in [0, 0.05) is 25.7 Å². The Hall–Kier alpha value is -0.740. The van der Waals surface area contributed by atoms with Gasteiger partial charge in [0.1, 0.15) is 11.6 Å². The van der Waals surface area contributed by atoms with Crippen LogP contribution in [0.5, 0.6) is 0 Å². The molecule has 84 valence electrons. The molecule has 4 nitrogen and oxygen atoms in total. The molecule has 0 aromatic rings. The fourth-order valence-electron chi connectivity index (χ4n) is 2.31. The lowest BCUT2D eigenvalue weighted by Gasteiger charge is -2.34. The number of carbonyl (C=O) groups is 2. The zero-order valence-corrected chi connectivity index (χ0v) is 8.95. The van der Waals surface area contributed by atoms with E-state index in [2.05, 4.69) is 0 Å². The van der Waals surface area contributed by atoms with Crippen LogP contribution < -0.4 is 0 Å². The molecule has 2 rings (SSSR count). The van der Waals surface area contributed by atoms with Gasteiger partial charge in [0.05, 0.1) is 19.1 Å². The Morgan fingerprint density at radius 3 is 2.73 bits per heavy atom. The highest BCUT2D eigenvalue weighted by molar-refractivity contribution is 6.02. The summed E-state index contributed by atoms with van der Waals surface area (Å²) < 4.78 is 11.1. The van der Waals surface area contributed by atoms with Gasteiger partial charge < -0.3 is 9.47 Å². The summed E-state index contributed by atoms with van der Waals surface area (Å²) >= 11 is 0. The lowest BCUT2D eigenvalue weighted by molar-refractivity contribution is -0.190. The van der Waals surface area contributed by atoms with Crippen molar-refractivity contribution in [2.24, 2.45) is 5.92 Å². The quantitative estimate of drug-likeness (QED) is 0.643. The third-order valence-electron chi connectivity index (χ3n) is 3.21. The molecule has 1 atom stereocenters. The molecule has 2 fully saturated rings. The second-order valence-corrected chi connectivity index (χ2v) is 4.15. The largest absolute Gasteiger partial charge is 0.347 e. The van der Waals surface area contributed by atoms with Crippen molar-refractivity contribution >= 4 is 11.6 Å². The lowest BCUT2D eigenvalue weighted by atomic mass is 9.80. The van der Waals surface area contributed by atoms with Crippen molar-refractivity contribution in [2.45, 2.75) is 38.4 Å². The standard InChI is InChI=1S/C11H16O4/c1-2-9(12)8-7-11(4-3-10(8)13)14-5-6-15-11/h8H,2-7H2,1H3. The summed E-state index contributed by atoms with van der Waals surface area (Å²) in [6.07, 6.45) is 1.82. The van der Waals surface area contributed by atoms with Crippen molar-refractivity contribution in [1.29, 1.82) is 0 Å². The molecule has 1 saturated carbocycles. The molecule has 1 saturated heterocycles. The number of ether oxygens (including phenoxy) is 2. The summed E-state index contributed by atoms with van der Waals surface area (Å²) in [5.41, 5.74) is 0. The van der Waals surface area contributed by atoms with Crippen molar-refractivity contribution < 1.29 is 19.1 Å². The van der Waals surface area contributed by atoms with Crippen LogP contribution in [0.2, 0.25) is 0 Å². The van der Waals surface area contributed by atoms with Crippen LogP contribution in [0.25, 0.3) is 0 Å². The lowest BCUT2D eigenvalue weighted by Crippen LogP contribution is -2.43. The first kappa shape index (κ1) is 10.8. The summed E-state index contributed by atoms with van der Waals surface area (Å²) in [6, 6.07) is 0. The highest BCUT2D eigenvalue weighted by atomic mass is 16.7. The van der Waals surface area contributed by atoms with E-state index in [0.29, 0.717) is 38.9 Å². The number of ketones is 2. The molecule has 1 unspecified atom stereocenters. The Morgan fingerprint density at radius 1 is 1.47 bits per heavy atom. The second-order valence-electron chi connectivity index (χ2n) is 4.15. The maximum atomic E-state index is 11.6. The Labute approximate surface area is 88.9 Å². The van der Waals surface area contributed by atoms with Gasteiger partial charge in [-0.05, 0) is 0 Å². The molecule has 1 aliphatic heterocycles. The molecule has 15 heavy (non-hydrogen) atoms. The highest BCUT2D eigenvalue weighted by Crippen LogP contribution is 2.37. The summed E-state index contributed by atoms with van der Waals surface area (Å²) in [5, 5.41) is 0. The van der Waals surface area contributed by atoms with E-state index in [1.54, 1.807) is 6.92 Å². The molecule has 0 aromatic carbocycles. The fraction of sp³-hybridized carbons (Fsp3) is 0.818. The molecular weight excluding hydrogens is 196 g/mol. The van der Waals surface area contributed by atoms with Crippen LogP contribution in [0.3, 0.4) is 0 Å². The van der Waals surface area contributed by atoms with Crippen LogP contribution in [0.4, 0.5) is 0 Å². The number of carbonyl (C=O) groups excluding carboxylic acids is 2. The monoisotopic (exact) mass is 212 g/mol. The number of hydrogen-bond donors (Lipinski definition) is 0. The Bertz CT molecular complexity index is 270. The third kappa shape index (κ3) is 1.96. The predicted molar refractivity (Wildman–Crippen MR) is 52.3 cm³/mol. The van der Waals surface area contributed by atoms with Gasteiger partial charge in [0.25, 0.3) is 0 Å². The smallest absolute Gasteiger partial charge is 0.170 e. The van der Waals surface area contributed by atoms with E-state index in [0.717, 1.165) is 0 Å². The topological polar surface area (TPSA) is 52.6 Å². The predicted octanol–water partition coefficient (Wildman–Crippen LogP) is 1.08. The van der Waals surface area contributed by atoms with Crippen LogP contribution in [-0.2, 0) is 19.1 Å². The summed E-state index contributed by atoms with van der Waals surface area (Å²) in [7, 11) is 0. The molecule has 2 aliphatic rings. The molecule has 0 aromatic heterocycles. The molecule has 1 heterocycles. The minimum absolute atomic E-state index is 0.0122. The summed E-state index contributed by atoms with van der Waals surface area (Å²) in [4.78, 5) is 23.2. The van der Waals surface area contributed by atoms with Crippen LogP contribution in [0.1, 0.15) is 32.6 Å². The van der Waals surface area contributed by atoms with Crippen LogP contribution in [0, 0.1) is 5.92 Å². The average Bonchev–Trinajstić information content (AvgIpc) is 2.70. The van der Waals surface area contributed by atoms with E-state index in [1.807, 2.05) is 0 Å².